The van der Waals surface area contributed by atoms with Crippen LogP contribution in [0.15, 0.2) is 0 Å². The van der Waals surface area contributed by atoms with Gasteiger partial charge in [-0.2, -0.15) is 0 Å². The predicted molar refractivity (Wildman–Crippen MR) is 134 cm³/mol. The highest BCUT2D eigenvalue weighted by Gasteiger charge is 2.51. The van der Waals surface area contributed by atoms with Gasteiger partial charge in [-0.3, -0.25) is 10.2 Å². The second kappa shape index (κ2) is 12.3. The molecule has 0 radical (unpaired) electrons. The molecule has 0 aromatic carbocycles. The zero-order chi connectivity index (χ0) is 26.3. The summed E-state index contributed by atoms with van der Waals surface area (Å²) in [6.45, 7) is 10.6. The summed E-state index contributed by atoms with van der Waals surface area (Å²) in [4.78, 5) is 40.5. The second-order valence-corrected chi connectivity index (χ2v) is 12.0. The number of hydrogen-bond donors (Lipinski definition) is 3. The van der Waals surface area contributed by atoms with E-state index in [0.29, 0.717) is 0 Å². The SMILES string of the molecule is CC(C)(C)OC(=O)NCC[C@@](NC(=O)OC(C)(C)C)(C(=O)O)N(C1CCCCC1)C1CCCCC1. The van der Waals surface area contributed by atoms with Gasteiger partial charge in [0.1, 0.15) is 11.2 Å². The van der Waals surface area contributed by atoms with Gasteiger partial charge in [0.05, 0.1) is 0 Å². The lowest BCUT2D eigenvalue weighted by Crippen LogP contribution is -2.71. The van der Waals surface area contributed by atoms with Crippen LogP contribution in [0.25, 0.3) is 0 Å². The molecule has 0 spiro atoms. The molecular weight excluding hydrogens is 450 g/mol. The van der Waals surface area contributed by atoms with Gasteiger partial charge in [0, 0.05) is 25.0 Å². The summed E-state index contributed by atoms with van der Waals surface area (Å²) < 4.78 is 10.8. The fourth-order valence-electron chi connectivity index (χ4n) is 5.30. The first kappa shape index (κ1) is 29.2. The molecule has 0 bridgehead atoms. The lowest BCUT2D eigenvalue weighted by molar-refractivity contribution is -0.162. The van der Waals surface area contributed by atoms with Crippen molar-refractivity contribution >= 4 is 18.2 Å². The molecule has 2 amide bonds. The summed E-state index contributed by atoms with van der Waals surface area (Å²) in [6.07, 6.45) is 8.57. The van der Waals surface area contributed by atoms with Crippen molar-refractivity contribution < 1.29 is 29.0 Å². The minimum Gasteiger partial charge on any atom is -0.478 e. The minimum absolute atomic E-state index is 0.00613. The van der Waals surface area contributed by atoms with Crippen LogP contribution in [0.5, 0.6) is 0 Å². The van der Waals surface area contributed by atoms with Crippen LogP contribution in [0.3, 0.4) is 0 Å². The Bertz CT molecular complexity index is 700. The van der Waals surface area contributed by atoms with Crippen LogP contribution in [0, 0.1) is 0 Å². The lowest BCUT2D eigenvalue weighted by atomic mass is 9.84. The Morgan fingerprint density at radius 2 is 1.20 bits per heavy atom. The molecule has 0 saturated heterocycles. The molecule has 1 atom stereocenters. The molecule has 0 aromatic rings. The molecule has 0 heterocycles. The van der Waals surface area contributed by atoms with Crippen LogP contribution in [-0.4, -0.2) is 63.7 Å². The zero-order valence-corrected chi connectivity index (χ0v) is 22.6. The van der Waals surface area contributed by atoms with Crippen LogP contribution in [0.2, 0.25) is 0 Å². The molecular formula is C26H47N3O6. The topological polar surface area (TPSA) is 117 Å². The number of nitrogens with one attached hydrogen (secondary N) is 2. The van der Waals surface area contributed by atoms with E-state index in [1.807, 2.05) is 0 Å². The number of carbonyl (C=O) groups excluding carboxylic acids is 2. The number of carboxylic acid groups (broad SMARTS) is 1. The number of carbonyl (C=O) groups is 3. The Hall–Kier alpha value is -2.03. The van der Waals surface area contributed by atoms with E-state index >= 15 is 0 Å². The number of amides is 2. The van der Waals surface area contributed by atoms with Gasteiger partial charge >= 0.3 is 18.2 Å². The summed E-state index contributed by atoms with van der Waals surface area (Å²) in [5, 5.41) is 16.2. The first-order valence-electron chi connectivity index (χ1n) is 13.2. The fourth-order valence-corrected chi connectivity index (χ4v) is 5.30. The van der Waals surface area contributed by atoms with Gasteiger partial charge in [-0.15, -0.1) is 0 Å². The van der Waals surface area contributed by atoms with Gasteiger partial charge in [-0.1, -0.05) is 38.5 Å². The van der Waals surface area contributed by atoms with Crippen LogP contribution in [0.4, 0.5) is 9.59 Å². The van der Waals surface area contributed by atoms with Crippen molar-refractivity contribution in [2.75, 3.05) is 6.54 Å². The molecule has 2 aliphatic carbocycles. The van der Waals surface area contributed by atoms with Crippen molar-refractivity contribution in [3.63, 3.8) is 0 Å². The Morgan fingerprint density at radius 1 is 0.771 bits per heavy atom. The smallest absolute Gasteiger partial charge is 0.409 e. The second-order valence-electron chi connectivity index (χ2n) is 12.0. The van der Waals surface area contributed by atoms with Crippen molar-refractivity contribution in [3.05, 3.63) is 0 Å². The number of alkyl carbamates (subject to hydrolysis) is 2. The standard InChI is InChI=1S/C26H47N3O6/c1-24(2,3)34-22(32)27-18-17-26(21(30)31,28-23(33)35-25(4,5)6)29(19-13-9-7-10-14-19)20-15-11-8-12-16-20/h19-20H,7-18H2,1-6H3,(H,27,32)(H,28,33)(H,30,31)/t26-/m0/s1. The normalized spacial score (nSPS) is 20.1. The minimum atomic E-state index is -1.71. The van der Waals surface area contributed by atoms with Gasteiger partial charge in [-0.05, 0) is 67.2 Å². The van der Waals surface area contributed by atoms with Gasteiger partial charge in [-0.25, -0.2) is 14.4 Å². The first-order valence-corrected chi connectivity index (χ1v) is 13.2. The van der Waals surface area contributed by atoms with Crippen molar-refractivity contribution in [1.82, 2.24) is 15.5 Å². The number of rotatable bonds is 8. The molecule has 0 aliphatic heterocycles. The van der Waals surface area contributed by atoms with Gasteiger partial charge in [0.2, 0.25) is 0 Å². The van der Waals surface area contributed by atoms with E-state index in [9.17, 15) is 19.5 Å². The molecule has 2 saturated carbocycles. The number of carboxylic acids is 1. The van der Waals surface area contributed by atoms with E-state index in [-0.39, 0.29) is 25.0 Å². The molecule has 2 rings (SSSR count). The highest BCUT2D eigenvalue weighted by atomic mass is 16.6. The average Bonchev–Trinajstić information content (AvgIpc) is 2.72. The van der Waals surface area contributed by atoms with E-state index in [1.165, 1.54) is 0 Å². The Kier molecular flexibility index (Phi) is 10.2. The van der Waals surface area contributed by atoms with Gasteiger partial charge in [0.25, 0.3) is 0 Å². The summed E-state index contributed by atoms with van der Waals surface area (Å²) in [5.74, 6) is -1.13. The molecule has 2 fully saturated rings. The fraction of sp³-hybridized carbons (Fsp3) is 0.885. The molecule has 3 N–H and O–H groups in total. The van der Waals surface area contributed by atoms with Crippen LogP contribution in [0.1, 0.15) is 112 Å². The Labute approximate surface area is 210 Å². The first-order chi connectivity index (χ1) is 16.2. The van der Waals surface area contributed by atoms with E-state index in [1.54, 1.807) is 41.5 Å². The number of nitrogens with zero attached hydrogens (tertiary/aromatic N) is 1. The molecule has 0 unspecified atom stereocenters. The van der Waals surface area contributed by atoms with E-state index in [2.05, 4.69) is 15.5 Å². The van der Waals surface area contributed by atoms with E-state index in [0.717, 1.165) is 64.2 Å². The Balaban J connectivity index is 2.40. The Morgan fingerprint density at radius 3 is 1.60 bits per heavy atom. The monoisotopic (exact) mass is 497 g/mol. The largest absolute Gasteiger partial charge is 0.478 e. The summed E-state index contributed by atoms with van der Waals surface area (Å²) >= 11 is 0. The maximum absolute atomic E-state index is 13.1. The summed E-state index contributed by atoms with van der Waals surface area (Å²) in [7, 11) is 0. The third kappa shape index (κ3) is 9.17. The molecule has 35 heavy (non-hydrogen) atoms. The molecule has 2 aliphatic rings. The number of hydrogen-bond acceptors (Lipinski definition) is 6. The lowest BCUT2D eigenvalue weighted by Gasteiger charge is -2.51. The van der Waals surface area contributed by atoms with Crippen molar-refractivity contribution in [2.24, 2.45) is 0 Å². The van der Waals surface area contributed by atoms with Crippen LogP contribution < -0.4 is 10.6 Å². The summed E-state index contributed by atoms with van der Waals surface area (Å²) in [6, 6.07) is 0.0822. The molecule has 202 valence electrons. The maximum Gasteiger partial charge on any atom is 0.409 e. The molecule has 9 heteroatoms. The average molecular weight is 498 g/mol. The maximum atomic E-state index is 13.1. The van der Waals surface area contributed by atoms with Crippen molar-refractivity contribution in [2.45, 2.75) is 141 Å². The highest BCUT2D eigenvalue weighted by molar-refractivity contribution is 5.84. The van der Waals surface area contributed by atoms with Crippen molar-refractivity contribution in [1.29, 1.82) is 0 Å². The van der Waals surface area contributed by atoms with Gasteiger partial charge in [0.15, 0.2) is 5.66 Å². The van der Waals surface area contributed by atoms with Crippen molar-refractivity contribution in [3.8, 4) is 0 Å². The van der Waals surface area contributed by atoms with Crippen LogP contribution >= 0.6 is 0 Å². The third-order valence-corrected chi connectivity index (χ3v) is 6.59. The summed E-state index contributed by atoms with van der Waals surface area (Å²) in [5.41, 5.74) is -3.15. The van der Waals surface area contributed by atoms with Gasteiger partial charge < -0.3 is 19.9 Å². The number of aliphatic carboxylic acids is 1. The number of ether oxygens (including phenoxy) is 2. The highest BCUT2D eigenvalue weighted by Crippen LogP contribution is 2.36. The predicted octanol–water partition coefficient (Wildman–Crippen LogP) is 5.17. The molecule has 9 nitrogen and oxygen atoms in total. The van der Waals surface area contributed by atoms with E-state index in [4.69, 9.17) is 9.47 Å². The zero-order valence-electron chi connectivity index (χ0n) is 22.6. The van der Waals surface area contributed by atoms with E-state index < -0.39 is 35.0 Å². The quantitative estimate of drug-likeness (QED) is 0.396. The molecule has 0 aromatic heterocycles. The third-order valence-electron chi connectivity index (χ3n) is 6.59. The van der Waals surface area contributed by atoms with Crippen LogP contribution in [-0.2, 0) is 14.3 Å².